The van der Waals surface area contributed by atoms with Crippen LogP contribution in [0.2, 0.25) is 0 Å². The van der Waals surface area contributed by atoms with Gasteiger partial charge in [0.05, 0.1) is 5.70 Å². The predicted octanol–water partition coefficient (Wildman–Crippen LogP) is 4.27. The number of nitrogens with zero attached hydrogens (tertiary/aromatic N) is 1. The van der Waals surface area contributed by atoms with Gasteiger partial charge in [0, 0.05) is 23.6 Å². The molecule has 1 heterocycles. The Hall–Kier alpha value is -2.87. The van der Waals surface area contributed by atoms with Crippen LogP contribution in [-0.4, -0.2) is 13.6 Å². The van der Waals surface area contributed by atoms with Crippen molar-refractivity contribution in [2.75, 3.05) is 0 Å². The highest BCUT2D eigenvalue weighted by atomic mass is 14.8. The van der Waals surface area contributed by atoms with Crippen LogP contribution in [0.5, 0.6) is 0 Å². The van der Waals surface area contributed by atoms with Gasteiger partial charge in [0.25, 0.3) is 0 Å². The molecule has 3 aromatic rings. The Bertz CT molecular complexity index is 986. The molecule has 26 heavy (non-hydrogen) atoms. The topological polar surface area (TPSA) is 12.4 Å². The molecular formula is C24H22BN. The van der Waals surface area contributed by atoms with Crippen LogP contribution in [0.15, 0.2) is 89.9 Å². The highest BCUT2D eigenvalue weighted by molar-refractivity contribution is 6.32. The average Bonchev–Trinajstić information content (AvgIpc) is 2.68. The SMILES string of the molecule is Bc1cccc(C2=NC(c3cccc(C)c3)=CC(c3ccccc3)C2)c1. The Kier molecular flexibility index (Phi) is 4.58. The van der Waals surface area contributed by atoms with Gasteiger partial charge in [0.1, 0.15) is 7.85 Å². The van der Waals surface area contributed by atoms with E-state index in [1.165, 1.54) is 33.4 Å². The molecule has 0 amide bonds. The first-order valence-corrected chi connectivity index (χ1v) is 9.17. The van der Waals surface area contributed by atoms with Crippen LogP contribution >= 0.6 is 0 Å². The molecular weight excluding hydrogens is 313 g/mol. The van der Waals surface area contributed by atoms with Gasteiger partial charge in [-0.1, -0.05) is 89.9 Å². The minimum absolute atomic E-state index is 0.347. The Morgan fingerprint density at radius 1 is 0.846 bits per heavy atom. The molecule has 0 bridgehead atoms. The van der Waals surface area contributed by atoms with Gasteiger partial charge in [0.2, 0.25) is 0 Å². The smallest absolute Gasteiger partial charge is 0.139 e. The first kappa shape index (κ1) is 16.6. The van der Waals surface area contributed by atoms with Gasteiger partial charge < -0.3 is 0 Å². The molecule has 0 aliphatic carbocycles. The van der Waals surface area contributed by atoms with Gasteiger partial charge in [-0.15, -0.1) is 0 Å². The number of benzene rings is 3. The van der Waals surface area contributed by atoms with Crippen LogP contribution < -0.4 is 5.46 Å². The third kappa shape index (κ3) is 3.55. The first-order chi connectivity index (χ1) is 12.7. The molecule has 2 heteroatoms. The van der Waals surface area contributed by atoms with E-state index in [9.17, 15) is 0 Å². The maximum absolute atomic E-state index is 5.06. The number of aryl methyl sites for hydroxylation is 1. The summed E-state index contributed by atoms with van der Waals surface area (Å²) >= 11 is 0. The van der Waals surface area contributed by atoms with Crippen LogP contribution in [0, 0.1) is 6.92 Å². The highest BCUT2D eigenvalue weighted by Crippen LogP contribution is 2.33. The van der Waals surface area contributed by atoms with Crippen molar-refractivity contribution >= 4 is 24.7 Å². The Labute approximate surface area is 156 Å². The second-order valence-electron chi connectivity index (χ2n) is 7.07. The molecule has 1 aliphatic rings. The van der Waals surface area contributed by atoms with E-state index < -0.39 is 0 Å². The molecule has 1 atom stereocenters. The van der Waals surface area contributed by atoms with E-state index in [0.29, 0.717) is 5.92 Å². The van der Waals surface area contributed by atoms with Crippen molar-refractivity contribution in [1.82, 2.24) is 0 Å². The third-order valence-corrected chi connectivity index (χ3v) is 4.92. The van der Waals surface area contributed by atoms with Gasteiger partial charge >= 0.3 is 0 Å². The van der Waals surface area contributed by atoms with Gasteiger partial charge in [0.15, 0.2) is 0 Å². The standard InChI is InChI=1S/C24H22BN/c1-17-7-5-10-19(13-17)23-15-21(18-8-3-2-4-9-18)16-24(26-23)20-11-6-12-22(25)14-20/h2-15,21H,16,25H2,1H3. The Balaban J connectivity index is 1.81. The zero-order valence-electron chi connectivity index (χ0n) is 15.3. The minimum atomic E-state index is 0.347. The molecule has 126 valence electrons. The van der Waals surface area contributed by atoms with Crippen LogP contribution in [0.4, 0.5) is 0 Å². The zero-order chi connectivity index (χ0) is 17.9. The highest BCUT2D eigenvalue weighted by Gasteiger charge is 2.20. The van der Waals surface area contributed by atoms with Gasteiger partial charge in [-0.05, 0) is 24.1 Å². The van der Waals surface area contributed by atoms with Crippen molar-refractivity contribution in [2.24, 2.45) is 4.99 Å². The van der Waals surface area contributed by atoms with Crippen molar-refractivity contribution in [3.05, 3.63) is 107 Å². The average molecular weight is 335 g/mol. The van der Waals surface area contributed by atoms with E-state index in [-0.39, 0.29) is 0 Å². The lowest BCUT2D eigenvalue weighted by atomic mass is 9.85. The summed E-state index contributed by atoms with van der Waals surface area (Å²) in [5.74, 6) is 0.347. The lowest BCUT2D eigenvalue weighted by Gasteiger charge is -2.22. The lowest BCUT2D eigenvalue weighted by Crippen LogP contribution is -2.14. The van der Waals surface area contributed by atoms with E-state index in [1.807, 2.05) is 0 Å². The predicted molar refractivity (Wildman–Crippen MR) is 114 cm³/mol. The summed E-state index contributed by atoms with van der Waals surface area (Å²) in [6.07, 6.45) is 3.26. The number of aliphatic imine (C=N–C) groups is 1. The fourth-order valence-corrected chi connectivity index (χ4v) is 3.57. The van der Waals surface area contributed by atoms with E-state index in [0.717, 1.165) is 12.1 Å². The van der Waals surface area contributed by atoms with Gasteiger partial charge in [-0.25, -0.2) is 0 Å². The summed E-state index contributed by atoms with van der Waals surface area (Å²) in [7, 11) is 2.14. The fourth-order valence-electron chi connectivity index (χ4n) is 3.57. The van der Waals surface area contributed by atoms with E-state index in [2.05, 4.69) is 99.7 Å². The largest absolute Gasteiger partial charge is 0.252 e. The molecule has 4 rings (SSSR count). The summed E-state index contributed by atoms with van der Waals surface area (Å²) in [5.41, 5.74) is 8.54. The maximum atomic E-state index is 5.06. The van der Waals surface area contributed by atoms with Gasteiger partial charge in [-0.3, -0.25) is 4.99 Å². The second kappa shape index (κ2) is 7.17. The van der Waals surface area contributed by atoms with Crippen molar-refractivity contribution in [1.29, 1.82) is 0 Å². The van der Waals surface area contributed by atoms with Crippen molar-refractivity contribution in [2.45, 2.75) is 19.3 Å². The maximum Gasteiger partial charge on any atom is 0.139 e. The summed E-state index contributed by atoms with van der Waals surface area (Å²) < 4.78 is 0. The molecule has 0 N–H and O–H groups in total. The second-order valence-corrected chi connectivity index (χ2v) is 7.07. The van der Waals surface area contributed by atoms with E-state index >= 15 is 0 Å². The quantitative estimate of drug-likeness (QED) is 0.634. The van der Waals surface area contributed by atoms with Crippen LogP contribution in [0.3, 0.4) is 0 Å². The Morgan fingerprint density at radius 2 is 1.62 bits per heavy atom. The molecule has 1 unspecified atom stereocenters. The lowest BCUT2D eigenvalue weighted by molar-refractivity contribution is 0.879. The fraction of sp³-hybridized carbons (Fsp3) is 0.125. The number of rotatable bonds is 3. The molecule has 0 saturated heterocycles. The number of allylic oxidation sites excluding steroid dienone is 1. The molecule has 0 saturated carbocycles. The number of hydrogen-bond donors (Lipinski definition) is 0. The monoisotopic (exact) mass is 335 g/mol. The summed E-state index contributed by atoms with van der Waals surface area (Å²) in [6.45, 7) is 2.13. The van der Waals surface area contributed by atoms with Crippen LogP contribution in [-0.2, 0) is 0 Å². The van der Waals surface area contributed by atoms with Crippen molar-refractivity contribution in [3.63, 3.8) is 0 Å². The van der Waals surface area contributed by atoms with Crippen molar-refractivity contribution < 1.29 is 0 Å². The van der Waals surface area contributed by atoms with Crippen LogP contribution in [0.25, 0.3) is 5.70 Å². The third-order valence-electron chi connectivity index (χ3n) is 4.92. The normalized spacial score (nSPS) is 16.7. The molecule has 0 fully saturated rings. The minimum Gasteiger partial charge on any atom is -0.252 e. The molecule has 3 aromatic carbocycles. The van der Waals surface area contributed by atoms with Crippen molar-refractivity contribution in [3.8, 4) is 0 Å². The summed E-state index contributed by atoms with van der Waals surface area (Å²) in [6, 6.07) is 28.0. The molecule has 0 radical (unpaired) electrons. The zero-order valence-corrected chi connectivity index (χ0v) is 15.3. The number of hydrogen-bond acceptors (Lipinski definition) is 1. The molecule has 1 aliphatic heterocycles. The van der Waals surface area contributed by atoms with Crippen LogP contribution in [0.1, 0.15) is 34.6 Å². The molecule has 0 spiro atoms. The summed E-state index contributed by atoms with van der Waals surface area (Å²) in [5, 5.41) is 0. The van der Waals surface area contributed by atoms with Gasteiger partial charge in [-0.2, -0.15) is 0 Å². The molecule has 1 nitrogen and oxygen atoms in total. The first-order valence-electron chi connectivity index (χ1n) is 9.17. The molecule has 0 aromatic heterocycles. The van der Waals surface area contributed by atoms with E-state index in [4.69, 9.17) is 4.99 Å². The summed E-state index contributed by atoms with van der Waals surface area (Å²) in [4.78, 5) is 5.06. The van der Waals surface area contributed by atoms with E-state index in [1.54, 1.807) is 0 Å². The Morgan fingerprint density at radius 3 is 2.38 bits per heavy atom.